The Hall–Kier alpha value is -2.13. The molecule has 0 spiro atoms. The Morgan fingerprint density at radius 2 is 1.81 bits per heavy atom. The van der Waals surface area contributed by atoms with Gasteiger partial charge in [-0.25, -0.2) is 8.42 Å². The second-order valence-electron chi connectivity index (χ2n) is 9.38. The zero-order chi connectivity index (χ0) is 26.0. The van der Waals surface area contributed by atoms with Crippen molar-refractivity contribution in [3.63, 3.8) is 0 Å². The summed E-state index contributed by atoms with van der Waals surface area (Å²) in [5, 5.41) is 10.1. The molecule has 1 amide bonds. The van der Waals surface area contributed by atoms with Crippen molar-refractivity contribution >= 4 is 44.9 Å². The number of hydrogen-bond donors (Lipinski definition) is 1. The van der Waals surface area contributed by atoms with Crippen LogP contribution in [0.25, 0.3) is 0 Å². The standard InChI is InChI=1S/C26H29Cl2NO6S/c1-2-20(15-36(33,34)21-7-4-8-21)29-24(16-9-11-18(27)12-10-16)25(17-5-3-6-19(28)13-17)35-22(26(29)32)14-23(30)31/h3,5-6,9-13,20-22,24-25H,2,4,7-8,14-15H2,1H3,(H,30,31)/t20?,22-,24-,25-/m1/s1. The van der Waals surface area contributed by atoms with Crippen LogP contribution < -0.4 is 0 Å². The fourth-order valence-corrected chi connectivity index (χ4v) is 7.51. The lowest BCUT2D eigenvalue weighted by atomic mass is 9.89. The van der Waals surface area contributed by atoms with E-state index in [0.29, 0.717) is 40.4 Å². The highest BCUT2D eigenvalue weighted by molar-refractivity contribution is 7.92. The van der Waals surface area contributed by atoms with Gasteiger partial charge in [0.15, 0.2) is 9.84 Å². The van der Waals surface area contributed by atoms with Crippen molar-refractivity contribution < 1.29 is 27.9 Å². The quantitative estimate of drug-likeness (QED) is 0.456. The summed E-state index contributed by atoms with van der Waals surface area (Å²) in [5.41, 5.74) is 1.36. The van der Waals surface area contributed by atoms with E-state index >= 15 is 0 Å². The van der Waals surface area contributed by atoms with Crippen molar-refractivity contribution in [1.29, 1.82) is 0 Å². The molecule has 2 aromatic rings. The van der Waals surface area contributed by atoms with Gasteiger partial charge in [0.25, 0.3) is 5.91 Å². The van der Waals surface area contributed by atoms with Crippen LogP contribution >= 0.6 is 23.2 Å². The van der Waals surface area contributed by atoms with Gasteiger partial charge >= 0.3 is 5.97 Å². The molecule has 1 unspecified atom stereocenters. The van der Waals surface area contributed by atoms with Gasteiger partial charge in [0.2, 0.25) is 0 Å². The van der Waals surface area contributed by atoms with Gasteiger partial charge < -0.3 is 14.7 Å². The normalized spacial score (nSPS) is 23.8. The van der Waals surface area contributed by atoms with Crippen LogP contribution in [0, 0.1) is 0 Å². The van der Waals surface area contributed by atoms with Crippen LogP contribution in [0.4, 0.5) is 0 Å². The molecule has 1 heterocycles. The van der Waals surface area contributed by atoms with Gasteiger partial charge in [-0.1, -0.05) is 60.8 Å². The number of carbonyl (C=O) groups excluding carboxylic acids is 1. The number of benzene rings is 2. The largest absolute Gasteiger partial charge is 0.481 e. The summed E-state index contributed by atoms with van der Waals surface area (Å²) < 4.78 is 32.5. The number of rotatable bonds is 9. The van der Waals surface area contributed by atoms with Gasteiger partial charge in [-0.2, -0.15) is 0 Å². The maximum atomic E-state index is 13.8. The highest BCUT2D eigenvalue weighted by Gasteiger charge is 2.48. The van der Waals surface area contributed by atoms with E-state index in [4.69, 9.17) is 27.9 Å². The topological polar surface area (TPSA) is 101 Å². The number of carboxylic acid groups (broad SMARTS) is 1. The number of morpholine rings is 1. The molecule has 2 aromatic carbocycles. The molecule has 0 aromatic heterocycles. The minimum atomic E-state index is -3.44. The molecule has 1 aliphatic carbocycles. The second kappa shape index (κ2) is 11.1. The minimum Gasteiger partial charge on any atom is -0.481 e. The Balaban J connectivity index is 1.83. The molecule has 1 saturated carbocycles. The molecule has 36 heavy (non-hydrogen) atoms. The van der Waals surface area contributed by atoms with Gasteiger partial charge in [-0.15, -0.1) is 0 Å². The Kier molecular flexibility index (Phi) is 8.29. The van der Waals surface area contributed by atoms with Gasteiger partial charge in [0.05, 0.1) is 23.5 Å². The molecular weight excluding hydrogens is 525 g/mol. The van der Waals surface area contributed by atoms with E-state index in [1.54, 1.807) is 53.4 Å². The summed E-state index contributed by atoms with van der Waals surface area (Å²) in [7, 11) is -3.44. The molecule has 10 heteroatoms. The van der Waals surface area contributed by atoms with E-state index in [9.17, 15) is 23.1 Å². The third kappa shape index (κ3) is 5.72. The molecule has 1 aliphatic heterocycles. The van der Waals surface area contributed by atoms with E-state index < -0.39 is 57.7 Å². The summed E-state index contributed by atoms with van der Waals surface area (Å²) in [4.78, 5) is 27.0. The molecule has 2 fully saturated rings. The first kappa shape index (κ1) is 26.9. The van der Waals surface area contributed by atoms with Crippen molar-refractivity contribution in [2.24, 2.45) is 0 Å². The molecule has 1 N–H and O–H groups in total. The van der Waals surface area contributed by atoms with Crippen LogP contribution in [-0.2, 0) is 24.2 Å². The number of sulfone groups is 1. The summed E-state index contributed by atoms with van der Waals surface area (Å²) in [5.74, 6) is -1.91. The number of hydrogen-bond acceptors (Lipinski definition) is 5. The minimum absolute atomic E-state index is 0.188. The van der Waals surface area contributed by atoms with Gasteiger partial charge in [0, 0.05) is 16.1 Å². The maximum Gasteiger partial charge on any atom is 0.306 e. The van der Waals surface area contributed by atoms with E-state index in [-0.39, 0.29) is 5.75 Å². The molecule has 0 bridgehead atoms. The summed E-state index contributed by atoms with van der Waals surface area (Å²) in [6.07, 6.45) is -0.0629. The van der Waals surface area contributed by atoms with Crippen LogP contribution in [0.5, 0.6) is 0 Å². The summed E-state index contributed by atoms with van der Waals surface area (Å²) in [6.45, 7) is 1.84. The SMILES string of the molecule is CCC(CS(=O)(=O)C1CCC1)N1C(=O)[C@@H](CC(=O)O)O[C@H](c2cccc(Cl)c2)[C@H]1c1ccc(Cl)cc1. The van der Waals surface area contributed by atoms with Gasteiger partial charge in [-0.05, 0) is 54.7 Å². The molecule has 194 valence electrons. The van der Waals surface area contributed by atoms with Gasteiger partial charge in [-0.3, -0.25) is 9.59 Å². The highest BCUT2D eigenvalue weighted by atomic mass is 35.5. The summed E-state index contributed by atoms with van der Waals surface area (Å²) >= 11 is 12.4. The smallest absolute Gasteiger partial charge is 0.306 e. The third-order valence-corrected chi connectivity index (χ3v) is 9.85. The molecule has 4 atom stereocenters. The Morgan fingerprint density at radius 3 is 2.36 bits per heavy atom. The monoisotopic (exact) mass is 553 g/mol. The number of aliphatic carboxylic acids is 1. The predicted octanol–water partition coefficient (Wildman–Crippen LogP) is 5.22. The molecular formula is C26H29Cl2NO6S. The third-order valence-electron chi connectivity index (χ3n) is 7.03. The average Bonchev–Trinajstić information content (AvgIpc) is 2.77. The number of carboxylic acids is 1. The first-order chi connectivity index (χ1) is 17.1. The zero-order valence-corrected chi connectivity index (χ0v) is 22.2. The van der Waals surface area contributed by atoms with Crippen LogP contribution in [0.3, 0.4) is 0 Å². The van der Waals surface area contributed by atoms with Crippen molar-refractivity contribution in [3.05, 3.63) is 69.7 Å². The number of carbonyl (C=O) groups is 2. The summed E-state index contributed by atoms with van der Waals surface area (Å²) in [6, 6.07) is 12.6. The maximum absolute atomic E-state index is 13.8. The number of amides is 1. The van der Waals surface area contributed by atoms with Crippen molar-refractivity contribution in [3.8, 4) is 0 Å². The van der Waals surface area contributed by atoms with E-state index in [1.165, 1.54) is 0 Å². The first-order valence-corrected chi connectivity index (χ1v) is 14.5. The Bertz CT molecular complexity index is 1220. The van der Waals surface area contributed by atoms with Crippen molar-refractivity contribution in [1.82, 2.24) is 4.90 Å². The fraction of sp³-hybridized carbons (Fsp3) is 0.462. The fourth-order valence-electron chi connectivity index (χ4n) is 4.93. The lowest BCUT2D eigenvalue weighted by Crippen LogP contribution is -2.57. The lowest BCUT2D eigenvalue weighted by molar-refractivity contribution is -0.182. The molecule has 2 aliphatic rings. The van der Waals surface area contributed by atoms with E-state index in [1.807, 2.05) is 6.92 Å². The first-order valence-electron chi connectivity index (χ1n) is 12.0. The lowest BCUT2D eigenvalue weighted by Gasteiger charge is -2.48. The van der Waals surface area contributed by atoms with Crippen LogP contribution in [0.15, 0.2) is 48.5 Å². The molecule has 4 rings (SSSR count). The Morgan fingerprint density at radius 1 is 1.11 bits per heavy atom. The predicted molar refractivity (Wildman–Crippen MR) is 138 cm³/mol. The van der Waals surface area contributed by atoms with Crippen LogP contribution in [0.2, 0.25) is 10.0 Å². The number of nitrogens with zero attached hydrogens (tertiary/aromatic N) is 1. The van der Waals surface area contributed by atoms with Gasteiger partial charge in [0.1, 0.15) is 12.2 Å². The molecule has 0 radical (unpaired) electrons. The van der Waals surface area contributed by atoms with Crippen molar-refractivity contribution in [2.45, 2.75) is 68.6 Å². The average molecular weight is 554 g/mol. The Labute approximate surface area is 221 Å². The number of halogens is 2. The van der Waals surface area contributed by atoms with E-state index in [0.717, 1.165) is 6.42 Å². The van der Waals surface area contributed by atoms with Crippen LogP contribution in [-0.4, -0.2) is 53.4 Å². The highest BCUT2D eigenvalue weighted by Crippen LogP contribution is 2.45. The molecule has 7 nitrogen and oxygen atoms in total. The van der Waals surface area contributed by atoms with Crippen molar-refractivity contribution in [2.75, 3.05) is 5.75 Å². The zero-order valence-electron chi connectivity index (χ0n) is 19.8. The number of ether oxygens (including phenoxy) is 1. The molecule has 1 saturated heterocycles. The van der Waals surface area contributed by atoms with Crippen LogP contribution in [0.1, 0.15) is 62.3 Å². The van der Waals surface area contributed by atoms with E-state index in [2.05, 4.69) is 0 Å². The second-order valence-corrected chi connectivity index (χ2v) is 12.6.